The lowest BCUT2D eigenvalue weighted by atomic mass is 9.96. The maximum atomic E-state index is 12.7. The molecule has 0 aromatic heterocycles. The van der Waals surface area contributed by atoms with Crippen molar-refractivity contribution < 1.29 is 9.59 Å². The predicted molar refractivity (Wildman–Crippen MR) is 112 cm³/mol. The Balaban J connectivity index is 1.54. The molecule has 1 fully saturated rings. The normalized spacial score (nSPS) is 17.3. The van der Waals surface area contributed by atoms with Gasteiger partial charge in [0.1, 0.15) is 0 Å². The molecule has 0 saturated carbocycles. The number of likely N-dealkylation sites (tertiary alicyclic amines) is 1. The summed E-state index contributed by atoms with van der Waals surface area (Å²) in [7, 11) is 0. The van der Waals surface area contributed by atoms with E-state index in [-0.39, 0.29) is 17.7 Å². The standard InChI is InChI=1S/C21H24BrN3O2/c1-15(26)23-19-8-10-20(11-9-19)24-21(27)17-3-2-12-25(14-17)13-16-4-6-18(22)7-5-16/h4-11,17H,2-3,12-14H2,1H3,(H,23,26)(H,24,27). The fraction of sp³-hybridized carbons (Fsp3) is 0.333. The van der Waals surface area contributed by atoms with E-state index in [1.165, 1.54) is 12.5 Å². The average Bonchev–Trinajstić information content (AvgIpc) is 2.65. The summed E-state index contributed by atoms with van der Waals surface area (Å²) in [4.78, 5) is 26.1. The fourth-order valence-corrected chi connectivity index (χ4v) is 3.61. The quantitative estimate of drug-likeness (QED) is 0.746. The summed E-state index contributed by atoms with van der Waals surface area (Å²) in [6.45, 7) is 4.12. The molecule has 5 nitrogen and oxygen atoms in total. The summed E-state index contributed by atoms with van der Waals surface area (Å²) in [5, 5.41) is 5.72. The molecule has 27 heavy (non-hydrogen) atoms. The van der Waals surface area contributed by atoms with E-state index in [9.17, 15) is 9.59 Å². The summed E-state index contributed by atoms with van der Waals surface area (Å²) in [6, 6.07) is 15.5. The number of nitrogens with zero attached hydrogens (tertiary/aromatic N) is 1. The lowest BCUT2D eigenvalue weighted by Crippen LogP contribution is -2.40. The van der Waals surface area contributed by atoms with Gasteiger partial charge in [-0.2, -0.15) is 0 Å². The van der Waals surface area contributed by atoms with Crippen molar-refractivity contribution in [2.75, 3.05) is 23.7 Å². The third-order valence-electron chi connectivity index (χ3n) is 4.67. The monoisotopic (exact) mass is 429 g/mol. The number of hydrogen-bond acceptors (Lipinski definition) is 3. The fourth-order valence-electron chi connectivity index (χ4n) is 3.35. The van der Waals surface area contributed by atoms with Crippen molar-refractivity contribution >= 4 is 39.1 Å². The van der Waals surface area contributed by atoms with Gasteiger partial charge in [-0.25, -0.2) is 0 Å². The van der Waals surface area contributed by atoms with E-state index in [1.807, 2.05) is 24.3 Å². The van der Waals surface area contributed by atoms with Crippen LogP contribution in [0.5, 0.6) is 0 Å². The first-order chi connectivity index (χ1) is 13.0. The van der Waals surface area contributed by atoms with Crippen LogP contribution in [0.3, 0.4) is 0 Å². The minimum absolute atomic E-state index is 0.00998. The van der Waals surface area contributed by atoms with E-state index >= 15 is 0 Å². The minimum Gasteiger partial charge on any atom is -0.326 e. The van der Waals surface area contributed by atoms with Crippen LogP contribution in [-0.4, -0.2) is 29.8 Å². The molecule has 6 heteroatoms. The van der Waals surface area contributed by atoms with Crippen molar-refractivity contribution in [3.8, 4) is 0 Å². The first-order valence-corrected chi connectivity index (χ1v) is 9.94. The molecule has 3 rings (SSSR count). The number of anilines is 2. The summed E-state index contributed by atoms with van der Waals surface area (Å²) in [5.41, 5.74) is 2.73. The number of piperidine rings is 1. The van der Waals surface area contributed by atoms with Gasteiger partial charge in [0.05, 0.1) is 5.92 Å². The molecule has 1 aliphatic heterocycles. The number of carbonyl (C=O) groups is 2. The van der Waals surface area contributed by atoms with E-state index in [1.54, 1.807) is 12.1 Å². The van der Waals surface area contributed by atoms with Crippen molar-refractivity contribution in [2.24, 2.45) is 5.92 Å². The zero-order valence-electron chi connectivity index (χ0n) is 15.4. The van der Waals surface area contributed by atoms with E-state index in [0.29, 0.717) is 0 Å². The van der Waals surface area contributed by atoms with Gasteiger partial charge in [0.2, 0.25) is 11.8 Å². The van der Waals surface area contributed by atoms with Gasteiger partial charge in [0, 0.05) is 35.9 Å². The molecule has 2 aromatic carbocycles. The van der Waals surface area contributed by atoms with Crippen molar-refractivity contribution in [2.45, 2.75) is 26.3 Å². The third-order valence-corrected chi connectivity index (χ3v) is 5.20. The van der Waals surface area contributed by atoms with Crippen molar-refractivity contribution in [1.29, 1.82) is 0 Å². The molecule has 0 aliphatic carbocycles. The van der Waals surface area contributed by atoms with Crippen molar-refractivity contribution in [1.82, 2.24) is 4.90 Å². The van der Waals surface area contributed by atoms with Gasteiger partial charge in [-0.05, 0) is 61.3 Å². The van der Waals surface area contributed by atoms with Gasteiger partial charge in [-0.3, -0.25) is 14.5 Å². The van der Waals surface area contributed by atoms with E-state index < -0.39 is 0 Å². The molecule has 1 unspecified atom stereocenters. The first-order valence-electron chi connectivity index (χ1n) is 9.15. The molecule has 0 spiro atoms. The average molecular weight is 430 g/mol. The second kappa shape index (κ2) is 9.15. The Morgan fingerprint density at radius 2 is 1.67 bits per heavy atom. The molecule has 0 bridgehead atoms. The molecule has 0 radical (unpaired) electrons. The summed E-state index contributed by atoms with van der Waals surface area (Å²) < 4.78 is 1.08. The van der Waals surface area contributed by atoms with Crippen LogP contribution in [0.1, 0.15) is 25.3 Å². The molecule has 1 saturated heterocycles. The second-order valence-electron chi connectivity index (χ2n) is 6.95. The highest BCUT2D eigenvalue weighted by atomic mass is 79.9. The molecular formula is C21H24BrN3O2. The largest absolute Gasteiger partial charge is 0.326 e. The molecule has 2 N–H and O–H groups in total. The number of hydrogen-bond donors (Lipinski definition) is 2. The molecule has 1 heterocycles. The van der Waals surface area contributed by atoms with Gasteiger partial charge in [0.25, 0.3) is 0 Å². The Morgan fingerprint density at radius 1 is 1.04 bits per heavy atom. The zero-order chi connectivity index (χ0) is 19.2. The van der Waals surface area contributed by atoms with Crippen LogP contribution in [0.25, 0.3) is 0 Å². The molecular weight excluding hydrogens is 406 g/mol. The van der Waals surface area contributed by atoms with Gasteiger partial charge in [0.15, 0.2) is 0 Å². The first kappa shape index (κ1) is 19.6. The lowest BCUT2D eigenvalue weighted by molar-refractivity contribution is -0.121. The third kappa shape index (κ3) is 5.91. The Hall–Kier alpha value is -2.18. The molecule has 2 aromatic rings. The van der Waals surface area contributed by atoms with Gasteiger partial charge in [-0.15, -0.1) is 0 Å². The maximum absolute atomic E-state index is 12.7. The van der Waals surface area contributed by atoms with Gasteiger partial charge >= 0.3 is 0 Å². The number of halogens is 1. The lowest BCUT2D eigenvalue weighted by Gasteiger charge is -2.32. The Bertz CT molecular complexity index is 790. The van der Waals surface area contributed by atoms with Crippen LogP contribution in [0, 0.1) is 5.92 Å². The number of benzene rings is 2. The van der Waals surface area contributed by atoms with Crippen LogP contribution < -0.4 is 10.6 Å². The number of rotatable bonds is 5. The zero-order valence-corrected chi connectivity index (χ0v) is 17.0. The van der Waals surface area contributed by atoms with E-state index in [0.717, 1.165) is 48.3 Å². The molecule has 142 valence electrons. The number of carbonyl (C=O) groups excluding carboxylic acids is 2. The summed E-state index contributed by atoms with van der Waals surface area (Å²) >= 11 is 3.46. The second-order valence-corrected chi connectivity index (χ2v) is 7.86. The van der Waals surface area contributed by atoms with Crippen LogP contribution in [0.2, 0.25) is 0 Å². The Kier molecular flexibility index (Phi) is 6.63. The van der Waals surface area contributed by atoms with Crippen molar-refractivity contribution in [3.63, 3.8) is 0 Å². The van der Waals surface area contributed by atoms with Crippen LogP contribution in [-0.2, 0) is 16.1 Å². The summed E-state index contributed by atoms with van der Waals surface area (Å²) in [5.74, 6) is -0.0631. The molecule has 1 atom stereocenters. The Morgan fingerprint density at radius 3 is 2.30 bits per heavy atom. The minimum atomic E-state index is -0.111. The highest BCUT2D eigenvalue weighted by Gasteiger charge is 2.25. The van der Waals surface area contributed by atoms with E-state index in [2.05, 4.69) is 43.6 Å². The molecule has 2 amide bonds. The van der Waals surface area contributed by atoms with Gasteiger partial charge < -0.3 is 10.6 Å². The van der Waals surface area contributed by atoms with E-state index in [4.69, 9.17) is 0 Å². The maximum Gasteiger partial charge on any atom is 0.228 e. The van der Waals surface area contributed by atoms with Gasteiger partial charge in [-0.1, -0.05) is 28.1 Å². The predicted octanol–water partition coefficient (Wildman–Crippen LogP) is 4.26. The Labute approximate surface area is 168 Å². The van der Waals surface area contributed by atoms with Crippen LogP contribution in [0.15, 0.2) is 53.0 Å². The number of nitrogens with one attached hydrogen (secondary N) is 2. The number of amides is 2. The SMILES string of the molecule is CC(=O)Nc1ccc(NC(=O)C2CCCN(Cc3ccc(Br)cc3)C2)cc1. The van der Waals surface area contributed by atoms with Crippen LogP contribution >= 0.6 is 15.9 Å². The topological polar surface area (TPSA) is 61.4 Å². The summed E-state index contributed by atoms with van der Waals surface area (Å²) in [6.07, 6.45) is 1.93. The molecule has 1 aliphatic rings. The highest BCUT2D eigenvalue weighted by molar-refractivity contribution is 9.10. The highest BCUT2D eigenvalue weighted by Crippen LogP contribution is 2.22. The van der Waals surface area contributed by atoms with Crippen LogP contribution in [0.4, 0.5) is 11.4 Å². The smallest absolute Gasteiger partial charge is 0.228 e. The van der Waals surface area contributed by atoms with Crippen molar-refractivity contribution in [3.05, 3.63) is 58.6 Å².